The second-order valence-electron chi connectivity index (χ2n) is 5.34. The molecule has 1 aliphatic heterocycles. The van der Waals surface area contributed by atoms with E-state index in [1.165, 1.54) is 0 Å². The van der Waals surface area contributed by atoms with Crippen LogP contribution < -0.4 is 11.2 Å². The Balaban J connectivity index is 2.20. The molecule has 2 heterocycles. The predicted molar refractivity (Wildman–Crippen MR) is 88.5 cm³/mol. The fourth-order valence-electron chi connectivity index (χ4n) is 2.49. The number of aromatic amines is 1. The summed E-state index contributed by atoms with van der Waals surface area (Å²) < 4.78 is 21.1. The van der Waals surface area contributed by atoms with Gasteiger partial charge >= 0.3 is 11.7 Å². The van der Waals surface area contributed by atoms with Crippen LogP contribution in [0.25, 0.3) is 6.08 Å². The number of benzene rings is 1. The summed E-state index contributed by atoms with van der Waals surface area (Å²) in [6, 6.07) is 8.77. The van der Waals surface area contributed by atoms with E-state index in [1.807, 2.05) is 0 Å². The first-order valence-electron chi connectivity index (χ1n) is 6.90. The first kappa shape index (κ1) is 16.2. The number of carbonyl (C=O) groups is 1. The molecule has 0 spiro atoms. The largest absolute Gasteiger partial charge is 0.478 e. The normalized spacial score (nSPS) is 16.8. The van der Waals surface area contributed by atoms with Crippen LogP contribution >= 0.6 is 10.6 Å². The van der Waals surface area contributed by atoms with Gasteiger partial charge in [0.25, 0.3) is 5.56 Å². The average Bonchev–Trinajstić information content (AvgIpc) is 2.53. The van der Waals surface area contributed by atoms with E-state index in [1.54, 1.807) is 30.3 Å². The summed E-state index contributed by atoms with van der Waals surface area (Å²) in [7, 11) is -3.59. The molecular formula is C15H14N2O6S. The molecular weight excluding hydrogens is 336 g/mol. The molecule has 0 bridgehead atoms. The van der Waals surface area contributed by atoms with Crippen LogP contribution in [0, 0.1) is 0 Å². The fourth-order valence-corrected chi connectivity index (χ4v) is 4.02. The molecule has 126 valence electrons. The summed E-state index contributed by atoms with van der Waals surface area (Å²) in [5.74, 6) is -1.89. The smallest absolute Gasteiger partial charge is 0.333 e. The Morgan fingerprint density at radius 1 is 1.21 bits per heavy atom. The SMILES string of the molecule is O=C(O)C1=Cc2c([nH]c(=O)n(Cc3ccccc3)c2=O)S(O)(O)C1. The molecule has 4 N–H and O–H groups in total. The molecule has 2 aromatic rings. The maximum Gasteiger partial charge on any atom is 0.333 e. The van der Waals surface area contributed by atoms with Gasteiger partial charge in [-0.25, -0.2) is 9.59 Å². The van der Waals surface area contributed by atoms with Crippen molar-refractivity contribution in [2.75, 3.05) is 5.75 Å². The van der Waals surface area contributed by atoms with Crippen molar-refractivity contribution >= 4 is 22.6 Å². The van der Waals surface area contributed by atoms with Crippen molar-refractivity contribution < 1.29 is 19.0 Å². The molecule has 0 fully saturated rings. The topological polar surface area (TPSA) is 133 Å². The van der Waals surface area contributed by atoms with Crippen LogP contribution in [-0.2, 0) is 11.3 Å². The number of aromatic nitrogens is 2. The summed E-state index contributed by atoms with van der Waals surface area (Å²) in [6.45, 7) is -0.0161. The fraction of sp³-hybridized carbons (Fsp3) is 0.133. The monoisotopic (exact) mass is 350 g/mol. The van der Waals surface area contributed by atoms with Crippen LogP contribution in [0.3, 0.4) is 0 Å². The van der Waals surface area contributed by atoms with Gasteiger partial charge in [0.05, 0.1) is 23.4 Å². The highest BCUT2D eigenvalue weighted by Crippen LogP contribution is 2.51. The number of carboxylic acids is 1. The summed E-state index contributed by atoms with van der Waals surface area (Å²) in [6.07, 6.45) is 1.08. The first-order valence-corrected chi connectivity index (χ1v) is 8.62. The quantitative estimate of drug-likeness (QED) is 0.614. The number of H-pyrrole nitrogens is 1. The molecule has 0 radical (unpaired) electrons. The molecule has 0 atom stereocenters. The second kappa shape index (κ2) is 5.78. The number of hydrogen-bond acceptors (Lipinski definition) is 5. The molecule has 0 amide bonds. The number of rotatable bonds is 3. The number of fused-ring (bicyclic) bond motifs is 1. The van der Waals surface area contributed by atoms with Gasteiger partial charge < -0.3 is 5.11 Å². The van der Waals surface area contributed by atoms with Crippen molar-refractivity contribution in [3.63, 3.8) is 0 Å². The van der Waals surface area contributed by atoms with E-state index in [-0.39, 0.29) is 22.7 Å². The lowest BCUT2D eigenvalue weighted by molar-refractivity contribution is -0.132. The van der Waals surface area contributed by atoms with Crippen LogP contribution in [0.1, 0.15) is 11.1 Å². The molecule has 0 saturated heterocycles. The lowest BCUT2D eigenvalue weighted by Crippen LogP contribution is -2.39. The van der Waals surface area contributed by atoms with E-state index < -0.39 is 33.6 Å². The summed E-state index contributed by atoms with van der Waals surface area (Å²) in [4.78, 5) is 38.2. The zero-order valence-corrected chi connectivity index (χ0v) is 13.1. The minimum atomic E-state index is -3.59. The first-order chi connectivity index (χ1) is 11.3. The molecule has 0 aliphatic carbocycles. The van der Waals surface area contributed by atoms with Crippen LogP contribution in [0.15, 0.2) is 50.5 Å². The van der Waals surface area contributed by atoms with Crippen LogP contribution in [0.2, 0.25) is 0 Å². The van der Waals surface area contributed by atoms with E-state index in [2.05, 4.69) is 4.98 Å². The zero-order valence-electron chi connectivity index (χ0n) is 12.3. The van der Waals surface area contributed by atoms with Crippen LogP contribution in [0.5, 0.6) is 0 Å². The standard InChI is InChI=1S/C15H14N2O6S/c18-13-11-6-10(14(19)20)8-24(22,23)12(11)16-15(21)17(13)7-9-4-2-1-3-5-9/h1-6,22-23H,7-8H2,(H,16,21)(H,19,20). The number of nitrogens with one attached hydrogen (secondary N) is 1. The minimum absolute atomic E-state index is 0.0161. The van der Waals surface area contributed by atoms with Gasteiger partial charge in [0.1, 0.15) is 5.03 Å². The van der Waals surface area contributed by atoms with Crippen molar-refractivity contribution in [3.05, 3.63) is 67.9 Å². The zero-order chi connectivity index (χ0) is 17.5. The number of nitrogens with zero attached hydrogens (tertiary/aromatic N) is 1. The third-order valence-electron chi connectivity index (χ3n) is 3.65. The van der Waals surface area contributed by atoms with Gasteiger partial charge in [0.15, 0.2) is 0 Å². The average molecular weight is 350 g/mol. The van der Waals surface area contributed by atoms with Gasteiger partial charge in [0.2, 0.25) is 0 Å². The van der Waals surface area contributed by atoms with Gasteiger partial charge in [0, 0.05) is 0 Å². The van der Waals surface area contributed by atoms with E-state index >= 15 is 0 Å². The molecule has 1 aliphatic rings. The predicted octanol–water partition coefficient (Wildman–Crippen LogP) is 1.18. The third-order valence-corrected chi connectivity index (χ3v) is 5.34. The number of carboxylic acid groups (broad SMARTS) is 1. The van der Waals surface area contributed by atoms with E-state index in [4.69, 9.17) is 5.11 Å². The van der Waals surface area contributed by atoms with E-state index in [0.29, 0.717) is 5.56 Å². The number of aliphatic carboxylic acids is 1. The molecule has 0 unspecified atom stereocenters. The molecule has 8 nitrogen and oxygen atoms in total. The van der Waals surface area contributed by atoms with E-state index in [0.717, 1.165) is 10.6 Å². The Morgan fingerprint density at radius 3 is 2.50 bits per heavy atom. The van der Waals surface area contributed by atoms with Crippen molar-refractivity contribution in [2.45, 2.75) is 11.6 Å². The Labute approximate surface area is 137 Å². The third kappa shape index (κ3) is 2.80. The van der Waals surface area contributed by atoms with Crippen LogP contribution in [-0.4, -0.2) is 35.5 Å². The Hall–Kier alpha value is -2.62. The highest BCUT2D eigenvalue weighted by atomic mass is 32.3. The van der Waals surface area contributed by atoms with Crippen molar-refractivity contribution in [1.82, 2.24) is 9.55 Å². The number of hydrogen-bond donors (Lipinski definition) is 4. The van der Waals surface area contributed by atoms with Crippen molar-refractivity contribution in [1.29, 1.82) is 0 Å². The Bertz CT molecular complexity index is 958. The van der Waals surface area contributed by atoms with Gasteiger partial charge in [-0.2, -0.15) is 0 Å². The van der Waals surface area contributed by atoms with Crippen molar-refractivity contribution in [2.24, 2.45) is 0 Å². The maximum absolute atomic E-state index is 12.6. The highest BCUT2D eigenvalue weighted by Gasteiger charge is 2.32. The lowest BCUT2D eigenvalue weighted by Gasteiger charge is -2.35. The van der Waals surface area contributed by atoms with E-state index in [9.17, 15) is 23.5 Å². The van der Waals surface area contributed by atoms with Gasteiger partial charge in [-0.1, -0.05) is 30.3 Å². The molecule has 1 aromatic heterocycles. The molecule has 0 saturated carbocycles. The van der Waals surface area contributed by atoms with Crippen LogP contribution in [0.4, 0.5) is 0 Å². The Morgan fingerprint density at radius 2 is 1.88 bits per heavy atom. The molecule has 9 heteroatoms. The lowest BCUT2D eigenvalue weighted by atomic mass is 10.2. The van der Waals surface area contributed by atoms with Gasteiger partial charge in [-0.3, -0.25) is 23.5 Å². The summed E-state index contributed by atoms with van der Waals surface area (Å²) >= 11 is 0. The molecule has 24 heavy (non-hydrogen) atoms. The van der Waals surface area contributed by atoms with Gasteiger partial charge in [-0.05, 0) is 11.6 Å². The maximum atomic E-state index is 12.6. The molecule has 1 aromatic carbocycles. The van der Waals surface area contributed by atoms with Gasteiger partial charge in [-0.15, -0.1) is 10.6 Å². The second-order valence-corrected chi connectivity index (χ2v) is 7.37. The van der Waals surface area contributed by atoms with Crippen molar-refractivity contribution in [3.8, 4) is 0 Å². The summed E-state index contributed by atoms with van der Waals surface area (Å²) in [5.41, 5.74) is -1.35. The highest BCUT2D eigenvalue weighted by molar-refractivity contribution is 8.24. The molecule has 3 rings (SSSR count). The Kier molecular flexibility index (Phi) is 3.91. The summed E-state index contributed by atoms with van der Waals surface area (Å²) in [5, 5.41) is 8.77. The minimum Gasteiger partial charge on any atom is -0.478 e.